The zero-order valence-corrected chi connectivity index (χ0v) is 51.0. The number of hydrogen-bond acceptors (Lipinski definition) is 6. The van der Waals surface area contributed by atoms with Crippen LogP contribution in [-0.4, -0.2) is 31.2 Å². The summed E-state index contributed by atoms with van der Waals surface area (Å²) in [5.74, 6) is 1.15. The fourth-order valence-corrected chi connectivity index (χ4v) is 14.4. The van der Waals surface area contributed by atoms with Crippen LogP contribution in [0.1, 0.15) is 0 Å². The minimum atomic E-state index is -0.0418. The van der Waals surface area contributed by atoms with Gasteiger partial charge >= 0.3 is 0 Å². The molecule has 2 aliphatic rings. The number of rotatable bonds is 11. The van der Waals surface area contributed by atoms with E-state index in [0.717, 1.165) is 134 Å². The van der Waals surface area contributed by atoms with Gasteiger partial charge in [0, 0.05) is 78.2 Å². The lowest BCUT2D eigenvalue weighted by Gasteiger charge is -2.45. The van der Waals surface area contributed by atoms with Gasteiger partial charge in [-0.3, -0.25) is 0 Å². The van der Waals surface area contributed by atoms with Crippen LogP contribution in [0.3, 0.4) is 0 Å². The van der Waals surface area contributed by atoms with Crippen molar-refractivity contribution in [2.75, 3.05) is 9.80 Å². The summed E-state index contributed by atoms with van der Waals surface area (Å²) in [6.45, 7) is -0.0418. The summed E-state index contributed by atoms with van der Waals surface area (Å²) < 4.78 is 2.39. The molecule has 0 bridgehead atoms. The largest absolute Gasteiger partial charge is 0.311 e. The molecule has 2 aliphatic heterocycles. The Kier molecular flexibility index (Phi) is 13.2. The molecule has 0 N–H and O–H groups in total. The molecule has 438 valence electrons. The number of fused-ring (bicyclic) bond motifs is 7. The smallest absolute Gasteiger partial charge is 0.252 e. The summed E-state index contributed by atoms with van der Waals surface area (Å²) in [7, 11) is 0. The molecule has 0 fully saturated rings. The second-order valence-electron chi connectivity index (χ2n) is 24.1. The molecule has 5 heterocycles. The van der Waals surface area contributed by atoms with Gasteiger partial charge in [0.15, 0.2) is 11.6 Å². The van der Waals surface area contributed by atoms with Crippen molar-refractivity contribution in [2.24, 2.45) is 0 Å². The molecular formula is C86H56BN7. The van der Waals surface area contributed by atoms with Crippen LogP contribution in [0.2, 0.25) is 0 Å². The molecule has 0 radical (unpaired) electrons. The minimum absolute atomic E-state index is 0.0418. The topological polar surface area (TPSA) is 63.0 Å². The monoisotopic (exact) mass is 1200 g/mol. The van der Waals surface area contributed by atoms with E-state index in [0.29, 0.717) is 11.6 Å². The van der Waals surface area contributed by atoms with Gasteiger partial charge in [-0.25, -0.2) is 19.9 Å². The van der Waals surface area contributed by atoms with E-state index in [9.17, 15) is 0 Å². The average Bonchev–Trinajstić information content (AvgIpc) is 0.781. The maximum atomic E-state index is 5.80. The third kappa shape index (κ3) is 9.30. The standard InChI is InChI=1S/C86H56BN7/c1-7-26-57(27-8-1)61-46-49-78-69(53-61)68-40-19-22-43-77(68)94(78)79-50-47-64(85-88-73(58-28-9-2-10-29-58)55-74(89-85)59-30-11-3-12-31-59)54-70(79)86-90-75(60-32-13-4-14-33-60)56-76(91-86)63-35-25-34-62(52-63)67-48-51-82-83-84(67)93(66-38-17-6-18-39-66)81-45-24-21-42-72(81)87(83)71-41-20-23-44-80(71)92(82)65-36-15-5-16-37-65/h1-56H. The SMILES string of the molecule is c1ccc(-c2ccc3c(c2)c2ccccc2n3-c2ccc(-c3nc(-c4ccccc4)cc(-c4ccccc4)n3)cc2-c2nc(-c3ccccc3)cc(-c3cccc(-c4ccc5c6c4N(c4ccccc4)c4ccccc4B6c4ccccc4N5c4ccccc4)c3)n2)cc1. The van der Waals surface area contributed by atoms with Crippen LogP contribution in [0, 0.1) is 0 Å². The van der Waals surface area contributed by atoms with E-state index in [1.165, 1.54) is 22.1 Å². The first-order valence-electron chi connectivity index (χ1n) is 32.0. The lowest BCUT2D eigenvalue weighted by molar-refractivity contribution is 1.13. The summed E-state index contributed by atoms with van der Waals surface area (Å²) >= 11 is 0. The van der Waals surface area contributed by atoms with E-state index >= 15 is 0 Å². The second-order valence-corrected chi connectivity index (χ2v) is 24.1. The van der Waals surface area contributed by atoms with Crippen LogP contribution in [-0.2, 0) is 0 Å². The molecule has 94 heavy (non-hydrogen) atoms. The maximum absolute atomic E-state index is 5.80. The second kappa shape index (κ2) is 22.8. The maximum Gasteiger partial charge on any atom is 0.252 e. The lowest BCUT2D eigenvalue weighted by Crippen LogP contribution is -2.61. The molecule has 0 saturated heterocycles. The molecule has 13 aromatic carbocycles. The van der Waals surface area contributed by atoms with Gasteiger partial charge in [-0.1, -0.05) is 243 Å². The predicted molar refractivity (Wildman–Crippen MR) is 389 cm³/mol. The highest BCUT2D eigenvalue weighted by molar-refractivity contribution is 7.00. The third-order valence-corrected chi connectivity index (χ3v) is 18.6. The Labute approximate surface area is 545 Å². The van der Waals surface area contributed by atoms with E-state index in [2.05, 4.69) is 342 Å². The molecule has 0 saturated carbocycles. The molecule has 0 spiro atoms. The number of hydrogen-bond donors (Lipinski definition) is 0. The van der Waals surface area contributed by atoms with Crippen molar-refractivity contribution in [3.8, 4) is 95.7 Å². The summed E-state index contributed by atoms with van der Waals surface area (Å²) in [5.41, 5.74) is 27.0. The van der Waals surface area contributed by atoms with Crippen molar-refractivity contribution in [3.63, 3.8) is 0 Å². The van der Waals surface area contributed by atoms with Gasteiger partial charge in [0.1, 0.15) is 0 Å². The van der Waals surface area contributed by atoms with Crippen LogP contribution >= 0.6 is 0 Å². The molecule has 0 aliphatic carbocycles. The number of para-hydroxylation sites is 5. The Bertz CT molecular complexity index is 5500. The number of benzene rings is 13. The predicted octanol–water partition coefficient (Wildman–Crippen LogP) is 19.8. The minimum Gasteiger partial charge on any atom is -0.311 e. The van der Waals surface area contributed by atoms with Gasteiger partial charge in [-0.05, 0) is 130 Å². The van der Waals surface area contributed by atoms with Crippen molar-refractivity contribution in [3.05, 3.63) is 340 Å². The summed E-state index contributed by atoms with van der Waals surface area (Å²) in [6.07, 6.45) is 0. The molecule has 8 heteroatoms. The van der Waals surface area contributed by atoms with Crippen molar-refractivity contribution in [1.82, 2.24) is 24.5 Å². The molecule has 18 rings (SSSR count). The third-order valence-electron chi connectivity index (χ3n) is 18.6. The van der Waals surface area contributed by atoms with Crippen LogP contribution < -0.4 is 26.2 Å². The van der Waals surface area contributed by atoms with Crippen molar-refractivity contribution in [2.45, 2.75) is 0 Å². The van der Waals surface area contributed by atoms with E-state index < -0.39 is 0 Å². The molecule has 3 aromatic heterocycles. The van der Waals surface area contributed by atoms with E-state index in [1.54, 1.807) is 0 Å². The first-order valence-corrected chi connectivity index (χ1v) is 32.0. The zero-order valence-electron chi connectivity index (χ0n) is 51.0. The van der Waals surface area contributed by atoms with Crippen LogP contribution in [0.25, 0.3) is 118 Å². The Morgan fingerprint density at radius 1 is 0.245 bits per heavy atom. The van der Waals surface area contributed by atoms with Gasteiger partial charge in [-0.15, -0.1) is 0 Å². The molecule has 0 amide bonds. The van der Waals surface area contributed by atoms with Crippen molar-refractivity contribution < 1.29 is 0 Å². The average molecular weight is 1200 g/mol. The van der Waals surface area contributed by atoms with Crippen LogP contribution in [0.4, 0.5) is 34.1 Å². The van der Waals surface area contributed by atoms with E-state index in [4.69, 9.17) is 19.9 Å². The Morgan fingerprint density at radius 2 is 0.702 bits per heavy atom. The highest BCUT2D eigenvalue weighted by Crippen LogP contribution is 2.49. The molecule has 0 atom stereocenters. The highest BCUT2D eigenvalue weighted by atomic mass is 15.2. The fraction of sp³-hybridized carbons (Fsp3) is 0. The highest BCUT2D eigenvalue weighted by Gasteiger charge is 2.44. The first-order chi connectivity index (χ1) is 46.6. The van der Waals surface area contributed by atoms with Gasteiger partial charge in [0.2, 0.25) is 0 Å². The summed E-state index contributed by atoms with van der Waals surface area (Å²) in [5, 5.41) is 2.29. The first kappa shape index (κ1) is 54.4. The van der Waals surface area contributed by atoms with Crippen molar-refractivity contribution in [1.29, 1.82) is 0 Å². The fourth-order valence-electron chi connectivity index (χ4n) is 14.4. The number of aromatic nitrogens is 5. The molecule has 16 aromatic rings. The van der Waals surface area contributed by atoms with Gasteiger partial charge in [0.25, 0.3) is 6.71 Å². The zero-order chi connectivity index (χ0) is 62.1. The van der Waals surface area contributed by atoms with Crippen LogP contribution in [0.5, 0.6) is 0 Å². The molecular weight excluding hydrogens is 1140 g/mol. The lowest BCUT2D eigenvalue weighted by atomic mass is 9.33. The van der Waals surface area contributed by atoms with Gasteiger partial charge < -0.3 is 14.4 Å². The Morgan fingerprint density at radius 3 is 1.32 bits per heavy atom. The van der Waals surface area contributed by atoms with E-state index in [-0.39, 0.29) is 6.71 Å². The summed E-state index contributed by atoms with van der Waals surface area (Å²) in [4.78, 5) is 27.2. The van der Waals surface area contributed by atoms with Gasteiger partial charge in [-0.2, -0.15) is 0 Å². The van der Waals surface area contributed by atoms with E-state index in [1.807, 2.05) is 12.1 Å². The van der Waals surface area contributed by atoms with Crippen LogP contribution in [0.15, 0.2) is 340 Å². The number of anilines is 6. The summed E-state index contributed by atoms with van der Waals surface area (Å²) in [6, 6.07) is 121. The Balaban J connectivity index is 0.872. The number of nitrogens with zero attached hydrogens (tertiary/aromatic N) is 7. The van der Waals surface area contributed by atoms with Crippen molar-refractivity contribution >= 4 is 79.0 Å². The normalized spacial score (nSPS) is 12.2. The molecule has 7 nitrogen and oxygen atoms in total. The Hall–Kier alpha value is -12.5. The molecule has 0 unspecified atom stereocenters. The quantitative estimate of drug-likeness (QED) is 0.120. The van der Waals surface area contributed by atoms with Gasteiger partial charge in [0.05, 0.1) is 45.2 Å².